The average Bonchev–Trinajstić information content (AvgIpc) is 2.42. The van der Waals surface area contributed by atoms with Gasteiger partial charge in [-0.2, -0.15) is 0 Å². The molecule has 3 nitrogen and oxygen atoms in total. The molecule has 0 bridgehead atoms. The Hall–Kier alpha value is -1.35. The molecule has 0 saturated heterocycles. The van der Waals surface area contributed by atoms with Crippen molar-refractivity contribution in [3.8, 4) is 0 Å². The van der Waals surface area contributed by atoms with E-state index in [4.69, 9.17) is 15.9 Å². The molecule has 1 aromatic carbocycles. The van der Waals surface area contributed by atoms with Gasteiger partial charge in [0, 0.05) is 12.2 Å². The first-order valence-electron chi connectivity index (χ1n) is 7.25. The van der Waals surface area contributed by atoms with Gasteiger partial charge in [0.2, 0.25) is 0 Å². The number of benzene rings is 1. The van der Waals surface area contributed by atoms with E-state index in [-0.39, 0.29) is 5.84 Å². The molecule has 0 radical (unpaired) electrons. The molecule has 3 N–H and O–H groups in total. The van der Waals surface area contributed by atoms with E-state index >= 15 is 0 Å². The van der Waals surface area contributed by atoms with Gasteiger partial charge in [0.1, 0.15) is 5.84 Å². The fourth-order valence-electron chi connectivity index (χ4n) is 2.00. The maximum absolute atomic E-state index is 7.39. The summed E-state index contributed by atoms with van der Waals surface area (Å²) in [6, 6.07) is 7.69. The van der Waals surface area contributed by atoms with E-state index in [1.54, 1.807) is 0 Å². The first-order chi connectivity index (χ1) is 9.24. The largest absolute Gasteiger partial charge is 0.384 e. The number of amidine groups is 1. The van der Waals surface area contributed by atoms with E-state index < -0.39 is 0 Å². The fourth-order valence-corrected chi connectivity index (χ4v) is 2.00. The van der Waals surface area contributed by atoms with Crippen LogP contribution in [0, 0.1) is 5.41 Å². The van der Waals surface area contributed by atoms with Gasteiger partial charge in [-0.1, -0.05) is 57.2 Å². The second-order valence-electron chi connectivity index (χ2n) is 4.93. The zero-order chi connectivity index (χ0) is 13.9. The van der Waals surface area contributed by atoms with Gasteiger partial charge in [0.15, 0.2) is 0 Å². The maximum Gasteiger partial charge on any atom is 0.122 e. The average molecular weight is 262 g/mol. The lowest BCUT2D eigenvalue weighted by Gasteiger charge is -2.06. The molecule has 19 heavy (non-hydrogen) atoms. The first kappa shape index (κ1) is 15.7. The van der Waals surface area contributed by atoms with E-state index in [1.807, 2.05) is 24.3 Å². The third-order valence-electron chi connectivity index (χ3n) is 3.15. The molecule has 1 aromatic rings. The molecule has 0 amide bonds. The second-order valence-corrected chi connectivity index (χ2v) is 4.93. The smallest absolute Gasteiger partial charge is 0.122 e. The number of rotatable bonds is 10. The topological polar surface area (TPSA) is 59.1 Å². The molecule has 1 rings (SSSR count). The highest BCUT2D eigenvalue weighted by atomic mass is 16.5. The number of unbranched alkanes of at least 4 members (excludes halogenated alkanes) is 5. The Kier molecular flexibility index (Phi) is 7.91. The van der Waals surface area contributed by atoms with Crippen LogP contribution >= 0.6 is 0 Å². The highest BCUT2D eigenvalue weighted by Crippen LogP contribution is 2.08. The minimum atomic E-state index is 0.109. The molecule has 106 valence electrons. The lowest BCUT2D eigenvalue weighted by atomic mass is 10.1. The quantitative estimate of drug-likeness (QED) is 0.382. The summed E-state index contributed by atoms with van der Waals surface area (Å²) in [6.07, 6.45) is 7.69. The summed E-state index contributed by atoms with van der Waals surface area (Å²) in [5, 5.41) is 7.39. The van der Waals surface area contributed by atoms with Crippen LogP contribution in [0.2, 0.25) is 0 Å². The van der Waals surface area contributed by atoms with Crippen LogP contribution in [0.15, 0.2) is 24.3 Å². The van der Waals surface area contributed by atoms with Gasteiger partial charge in [-0.3, -0.25) is 5.41 Å². The highest BCUT2D eigenvalue weighted by Gasteiger charge is 1.99. The number of nitrogens with two attached hydrogens (primary N) is 1. The Balaban J connectivity index is 2.12. The molecular weight excluding hydrogens is 236 g/mol. The molecule has 0 aliphatic rings. The summed E-state index contributed by atoms with van der Waals surface area (Å²) in [5.74, 6) is 0.109. The van der Waals surface area contributed by atoms with Crippen LogP contribution in [0.25, 0.3) is 0 Å². The Bertz CT molecular complexity index is 377. The Morgan fingerprint density at radius 3 is 2.63 bits per heavy atom. The van der Waals surface area contributed by atoms with Crippen molar-refractivity contribution in [1.82, 2.24) is 0 Å². The molecule has 0 heterocycles. The summed E-state index contributed by atoms with van der Waals surface area (Å²) in [5.41, 5.74) is 7.31. The standard InChI is InChI=1S/C16H26N2O/c1-2-3-4-5-6-7-11-19-13-14-9-8-10-15(12-14)16(17)18/h8-10,12H,2-7,11,13H2,1H3,(H3,17,18). The zero-order valence-electron chi connectivity index (χ0n) is 12.0. The summed E-state index contributed by atoms with van der Waals surface area (Å²) in [6.45, 7) is 3.66. The van der Waals surface area contributed by atoms with Crippen molar-refractivity contribution in [2.24, 2.45) is 5.73 Å². The van der Waals surface area contributed by atoms with Gasteiger partial charge in [-0.05, 0) is 18.1 Å². The van der Waals surface area contributed by atoms with Crippen molar-refractivity contribution < 1.29 is 4.74 Å². The maximum atomic E-state index is 7.39. The van der Waals surface area contributed by atoms with Gasteiger partial charge in [0.25, 0.3) is 0 Å². The second kappa shape index (κ2) is 9.56. The van der Waals surface area contributed by atoms with Crippen molar-refractivity contribution >= 4 is 5.84 Å². The molecule has 3 heteroatoms. The predicted octanol–water partition coefficient (Wildman–Crippen LogP) is 3.85. The SMILES string of the molecule is CCCCCCCCOCc1cccc(C(=N)N)c1. The van der Waals surface area contributed by atoms with E-state index in [2.05, 4.69) is 6.92 Å². The van der Waals surface area contributed by atoms with E-state index in [1.165, 1.54) is 32.1 Å². The van der Waals surface area contributed by atoms with Gasteiger partial charge < -0.3 is 10.5 Å². The first-order valence-corrected chi connectivity index (χ1v) is 7.25. The Morgan fingerprint density at radius 1 is 1.16 bits per heavy atom. The molecule has 0 unspecified atom stereocenters. The van der Waals surface area contributed by atoms with Crippen LogP contribution in [-0.4, -0.2) is 12.4 Å². The van der Waals surface area contributed by atoms with Gasteiger partial charge in [0.05, 0.1) is 6.61 Å². The number of hydrogen-bond acceptors (Lipinski definition) is 2. The van der Waals surface area contributed by atoms with Crippen molar-refractivity contribution in [1.29, 1.82) is 5.41 Å². The van der Waals surface area contributed by atoms with E-state index in [0.717, 1.165) is 24.2 Å². The molecule has 0 spiro atoms. The number of nitrogens with one attached hydrogen (secondary N) is 1. The van der Waals surface area contributed by atoms with Crippen LogP contribution in [0.1, 0.15) is 56.6 Å². The predicted molar refractivity (Wildman–Crippen MR) is 80.5 cm³/mol. The molecule has 0 atom stereocenters. The van der Waals surface area contributed by atoms with Crippen LogP contribution < -0.4 is 5.73 Å². The monoisotopic (exact) mass is 262 g/mol. The van der Waals surface area contributed by atoms with Crippen molar-refractivity contribution in [2.45, 2.75) is 52.1 Å². The van der Waals surface area contributed by atoms with Crippen molar-refractivity contribution in [3.05, 3.63) is 35.4 Å². The minimum Gasteiger partial charge on any atom is -0.384 e. The third kappa shape index (κ3) is 6.97. The van der Waals surface area contributed by atoms with Gasteiger partial charge in [-0.25, -0.2) is 0 Å². The van der Waals surface area contributed by atoms with Gasteiger partial charge >= 0.3 is 0 Å². The molecule has 0 aliphatic carbocycles. The van der Waals surface area contributed by atoms with Crippen LogP contribution in [-0.2, 0) is 11.3 Å². The number of hydrogen-bond donors (Lipinski definition) is 2. The van der Waals surface area contributed by atoms with Gasteiger partial charge in [-0.15, -0.1) is 0 Å². The lowest BCUT2D eigenvalue weighted by Crippen LogP contribution is -2.11. The molecule has 0 aromatic heterocycles. The molecule has 0 saturated carbocycles. The minimum absolute atomic E-state index is 0.109. The Labute approximate surface area is 116 Å². The number of ether oxygens (including phenoxy) is 1. The van der Waals surface area contributed by atoms with Crippen molar-refractivity contribution in [2.75, 3.05) is 6.61 Å². The van der Waals surface area contributed by atoms with E-state index in [9.17, 15) is 0 Å². The van der Waals surface area contributed by atoms with Crippen molar-refractivity contribution in [3.63, 3.8) is 0 Å². The lowest BCUT2D eigenvalue weighted by molar-refractivity contribution is 0.116. The zero-order valence-corrected chi connectivity index (χ0v) is 12.0. The number of nitrogen functional groups attached to an aromatic ring is 1. The molecular formula is C16H26N2O. The normalized spacial score (nSPS) is 10.6. The Morgan fingerprint density at radius 2 is 1.89 bits per heavy atom. The summed E-state index contributed by atoms with van der Waals surface area (Å²) in [4.78, 5) is 0. The van der Waals surface area contributed by atoms with E-state index in [0.29, 0.717) is 6.61 Å². The molecule has 0 aliphatic heterocycles. The van der Waals surface area contributed by atoms with Crippen LogP contribution in [0.4, 0.5) is 0 Å². The molecule has 0 fully saturated rings. The van der Waals surface area contributed by atoms with Crippen LogP contribution in [0.5, 0.6) is 0 Å². The summed E-state index contributed by atoms with van der Waals surface area (Å²) < 4.78 is 5.65. The highest BCUT2D eigenvalue weighted by molar-refractivity contribution is 5.95. The summed E-state index contributed by atoms with van der Waals surface area (Å²) >= 11 is 0. The van der Waals surface area contributed by atoms with Crippen LogP contribution in [0.3, 0.4) is 0 Å². The third-order valence-corrected chi connectivity index (χ3v) is 3.15. The fraction of sp³-hybridized carbons (Fsp3) is 0.562. The summed E-state index contributed by atoms with van der Waals surface area (Å²) in [7, 11) is 0.